The first-order valence-electron chi connectivity index (χ1n) is 5.65. The van der Waals surface area contributed by atoms with Gasteiger partial charge in [0.1, 0.15) is 0 Å². The lowest BCUT2D eigenvalue weighted by Crippen LogP contribution is -2.00. The average Bonchev–Trinajstić information content (AvgIpc) is 2.92. The molecule has 0 fully saturated rings. The average molecular weight is 316 g/mol. The molecule has 19 heavy (non-hydrogen) atoms. The third-order valence-corrected chi connectivity index (χ3v) is 3.45. The topological polar surface area (TPSA) is 69.6 Å². The molecule has 0 unspecified atom stereocenters. The Labute approximate surface area is 118 Å². The number of aromatic nitrogens is 4. The van der Waals surface area contributed by atoms with Gasteiger partial charge in [0.2, 0.25) is 0 Å². The molecule has 0 atom stereocenters. The van der Waals surface area contributed by atoms with E-state index in [2.05, 4.69) is 31.5 Å². The minimum Gasteiger partial charge on any atom is -0.398 e. The van der Waals surface area contributed by atoms with Gasteiger partial charge in [-0.05, 0) is 56.7 Å². The second-order valence-electron chi connectivity index (χ2n) is 3.99. The fourth-order valence-corrected chi connectivity index (χ4v) is 2.04. The fourth-order valence-electron chi connectivity index (χ4n) is 1.79. The van der Waals surface area contributed by atoms with E-state index in [1.54, 1.807) is 4.68 Å². The predicted molar refractivity (Wildman–Crippen MR) is 76.7 cm³/mol. The molecule has 6 heteroatoms. The fraction of sp³-hybridized carbons (Fsp3) is 0. The summed E-state index contributed by atoms with van der Waals surface area (Å²) in [5, 5.41) is 11.8. The van der Waals surface area contributed by atoms with Crippen LogP contribution in [0.2, 0.25) is 0 Å². The minimum absolute atomic E-state index is 0.653. The van der Waals surface area contributed by atoms with Crippen molar-refractivity contribution in [3.05, 3.63) is 53.0 Å². The summed E-state index contributed by atoms with van der Waals surface area (Å²) in [6.07, 6.45) is 0. The van der Waals surface area contributed by atoms with E-state index in [1.165, 1.54) is 0 Å². The largest absolute Gasteiger partial charge is 0.398 e. The molecule has 1 aromatic heterocycles. The smallest absolute Gasteiger partial charge is 0.187 e. The first kappa shape index (κ1) is 11.9. The molecule has 0 spiro atoms. The van der Waals surface area contributed by atoms with Crippen molar-refractivity contribution in [1.29, 1.82) is 0 Å². The lowest BCUT2D eigenvalue weighted by atomic mass is 10.2. The van der Waals surface area contributed by atoms with Gasteiger partial charge in [-0.1, -0.05) is 18.2 Å². The van der Waals surface area contributed by atoms with E-state index < -0.39 is 0 Å². The monoisotopic (exact) mass is 315 g/mol. The first-order chi connectivity index (χ1) is 9.25. The van der Waals surface area contributed by atoms with Crippen molar-refractivity contribution >= 4 is 21.6 Å². The molecule has 0 amide bonds. The van der Waals surface area contributed by atoms with Crippen LogP contribution in [0.1, 0.15) is 0 Å². The van der Waals surface area contributed by atoms with Gasteiger partial charge in [-0.25, -0.2) is 0 Å². The molecule has 0 aliphatic rings. The highest BCUT2D eigenvalue weighted by Crippen LogP contribution is 2.26. The highest BCUT2D eigenvalue weighted by molar-refractivity contribution is 9.10. The standard InChI is InChI=1S/C13H10BrN5/c14-11-7-6-9(8-12(11)15)13-16-17-18-19(13)10-4-2-1-3-5-10/h1-8H,15H2. The van der Waals surface area contributed by atoms with Crippen LogP contribution in [0.5, 0.6) is 0 Å². The van der Waals surface area contributed by atoms with Crippen molar-refractivity contribution in [3.63, 3.8) is 0 Å². The van der Waals surface area contributed by atoms with Gasteiger partial charge in [0.05, 0.1) is 5.69 Å². The molecule has 2 aromatic carbocycles. The Morgan fingerprint density at radius 1 is 1.05 bits per heavy atom. The van der Waals surface area contributed by atoms with E-state index >= 15 is 0 Å². The van der Waals surface area contributed by atoms with Gasteiger partial charge < -0.3 is 5.73 Å². The second kappa shape index (κ2) is 4.81. The van der Waals surface area contributed by atoms with Gasteiger partial charge >= 0.3 is 0 Å². The maximum atomic E-state index is 5.89. The van der Waals surface area contributed by atoms with Gasteiger partial charge in [0.25, 0.3) is 0 Å². The summed E-state index contributed by atoms with van der Waals surface area (Å²) in [5.41, 5.74) is 8.32. The summed E-state index contributed by atoms with van der Waals surface area (Å²) in [7, 11) is 0. The Balaban J connectivity index is 2.12. The zero-order chi connectivity index (χ0) is 13.2. The third-order valence-electron chi connectivity index (χ3n) is 2.72. The quantitative estimate of drug-likeness (QED) is 0.738. The minimum atomic E-state index is 0.653. The van der Waals surface area contributed by atoms with E-state index in [0.29, 0.717) is 11.5 Å². The molecule has 0 aliphatic heterocycles. The Morgan fingerprint density at radius 2 is 1.84 bits per heavy atom. The van der Waals surface area contributed by atoms with E-state index in [9.17, 15) is 0 Å². The number of hydrogen-bond donors (Lipinski definition) is 1. The molecule has 5 nitrogen and oxygen atoms in total. The number of anilines is 1. The molecule has 3 aromatic rings. The third kappa shape index (κ3) is 2.22. The molecular formula is C13H10BrN5. The lowest BCUT2D eigenvalue weighted by molar-refractivity contribution is 0.791. The van der Waals surface area contributed by atoms with Crippen molar-refractivity contribution < 1.29 is 0 Å². The molecule has 0 bridgehead atoms. The number of benzene rings is 2. The number of nitrogens with zero attached hydrogens (tertiary/aromatic N) is 4. The van der Waals surface area contributed by atoms with Crippen molar-refractivity contribution in [3.8, 4) is 17.1 Å². The molecular weight excluding hydrogens is 306 g/mol. The summed E-state index contributed by atoms with van der Waals surface area (Å²) in [6, 6.07) is 15.4. The van der Waals surface area contributed by atoms with Gasteiger partial charge in [-0.2, -0.15) is 4.68 Å². The summed E-state index contributed by atoms with van der Waals surface area (Å²) >= 11 is 3.37. The van der Waals surface area contributed by atoms with E-state index in [4.69, 9.17) is 5.73 Å². The van der Waals surface area contributed by atoms with Crippen LogP contribution in [0.25, 0.3) is 17.1 Å². The van der Waals surface area contributed by atoms with Crippen molar-refractivity contribution in [2.75, 3.05) is 5.73 Å². The Bertz CT molecular complexity index is 708. The number of halogens is 1. The summed E-state index contributed by atoms with van der Waals surface area (Å²) in [4.78, 5) is 0. The van der Waals surface area contributed by atoms with E-state index in [0.717, 1.165) is 15.7 Å². The van der Waals surface area contributed by atoms with Gasteiger partial charge in [0, 0.05) is 15.7 Å². The highest BCUT2D eigenvalue weighted by atomic mass is 79.9. The van der Waals surface area contributed by atoms with Crippen LogP contribution in [0.15, 0.2) is 53.0 Å². The summed E-state index contributed by atoms with van der Waals surface area (Å²) in [5.74, 6) is 0.658. The molecule has 3 rings (SSSR count). The molecule has 0 saturated carbocycles. The number of rotatable bonds is 2. The van der Waals surface area contributed by atoms with Crippen LogP contribution >= 0.6 is 15.9 Å². The van der Waals surface area contributed by atoms with Crippen LogP contribution in [0.3, 0.4) is 0 Å². The van der Waals surface area contributed by atoms with Crippen molar-refractivity contribution in [2.45, 2.75) is 0 Å². The second-order valence-corrected chi connectivity index (χ2v) is 4.84. The van der Waals surface area contributed by atoms with E-state index in [1.807, 2.05) is 48.5 Å². The number of nitrogen functional groups attached to an aromatic ring is 1. The zero-order valence-corrected chi connectivity index (χ0v) is 11.4. The van der Waals surface area contributed by atoms with Crippen molar-refractivity contribution in [1.82, 2.24) is 20.2 Å². The normalized spacial score (nSPS) is 10.6. The van der Waals surface area contributed by atoms with Gasteiger partial charge in [0.15, 0.2) is 5.82 Å². The van der Waals surface area contributed by atoms with Crippen LogP contribution in [-0.2, 0) is 0 Å². The van der Waals surface area contributed by atoms with E-state index in [-0.39, 0.29) is 0 Å². The van der Waals surface area contributed by atoms with Crippen LogP contribution < -0.4 is 5.73 Å². The molecule has 0 saturated heterocycles. The molecule has 0 aliphatic carbocycles. The maximum Gasteiger partial charge on any atom is 0.187 e. The van der Waals surface area contributed by atoms with Crippen LogP contribution in [-0.4, -0.2) is 20.2 Å². The number of hydrogen-bond acceptors (Lipinski definition) is 4. The van der Waals surface area contributed by atoms with Gasteiger partial charge in [-0.15, -0.1) is 5.10 Å². The highest BCUT2D eigenvalue weighted by Gasteiger charge is 2.11. The molecule has 2 N–H and O–H groups in total. The molecule has 94 valence electrons. The van der Waals surface area contributed by atoms with Crippen LogP contribution in [0.4, 0.5) is 5.69 Å². The maximum absolute atomic E-state index is 5.89. The number of nitrogens with two attached hydrogens (primary N) is 1. The molecule has 1 heterocycles. The lowest BCUT2D eigenvalue weighted by Gasteiger charge is -2.05. The van der Waals surface area contributed by atoms with Gasteiger partial charge in [-0.3, -0.25) is 0 Å². The predicted octanol–water partition coefficient (Wildman–Crippen LogP) is 2.67. The summed E-state index contributed by atoms with van der Waals surface area (Å²) < 4.78 is 2.54. The zero-order valence-electron chi connectivity index (χ0n) is 9.86. The van der Waals surface area contributed by atoms with Crippen LogP contribution in [0, 0.1) is 0 Å². The summed E-state index contributed by atoms with van der Waals surface area (Å²) in [6.45, 7) is 0. The SMILES string of the molecule is Nc1cc(-c2nnnn2-c2ccccc2)ccc1Br. The Hall–Kier alpha value is -2.21. The Kier molecular flexibility index (Phi) is 3.00. The number of tetrazole rings is 1. The van der Waals surface area contributed by atoms with Crippen molar-refractivity contribution in [2.24, 2.45) is 0 Å². The number of para-hydroxylation sites is 1. The first-order valence-corrected chi connectivity index (χ1v) is 6.44. The molecule has 0 radical (unpaired) electrons. The Morgan fingerprint density at radius 3 is 2.58 bits per heavy atom.